The number of rotatable bonds is 8. The first-order chi connectivity index (χ1) is 13.5. The molecule has 0 aromatic heterocycles. The van der Waals surface area contributed by atoms with Crippen molar-refractivity contribution < 1.29 is 23.9 Å². The van der Waals surface area contributed by atoms with E-state index in [1.165, 1.54) is 6.42 Å². The molecule has 1 fully saturated rings. The van der Waals surface area contributed by atoms with Crippen molar-refractivity contribution in [2.45, 2.75) is 58.1 Å². The molecule has 28 heavy (non-hydrogen) atoms. The van der Waals surface area contributed by atoms with Crippen molar-refractivity contribution in [2.24, 2.45) is 5.92 Å². The topological polar surface area (TPSA) is 81.7 Å². The predicted octanol–water partition coefficient (Wildman–Crippen LogP) is 3.48. The molecule has 0 saturated heterocycles. The van der Waals surface area contributed by atoms with Crippen molar-refractivity contribution in [1.82, 2.24) is 5.32 Å². The summed E-state index contributed by atoms with van der Waals surface area (Å²) in [4.78, 5) is 36.0. The lowest BCUT2D eigenvalue weighted by atomic mass is 9.88. The fourth-order valence-corrected chi connectivity index (χ4v) is 3.18. The van der Waals surface area contributed by atoms with Gasteiger partial charge in [-0.15, -0.1) is 0 Å². The number of ether oxygens (including phenoxy) is 2. The van der Waals surface area contributed by atoms with E-state index in [4.69, 9.17) is 9.47 Å². The maximum atomic E-state index is 12.6. The van der Waals surface area contributed by atoms with Crippen LogP contribution in [-0.2, 0) is 23.9 Å². The van der Waals surface area contributed by atoms with E-state index in [0.717, 1.165) is 43.4 Å². The number of hydrogen-bond acceptors (Lipinski definition) is 5. The molecule has 1 aliphatic rings. The van der Waals surface area contributed by atoms with Gasteiger partial charge in [0.2, 0.25) is 5.91 Å². The number of esters is 2. The highest BCUT2D eigenvalue weighted by Gasteiger charge is 2.24. The minimum Gasteiger partial charge on any atom is -0.460 e. The van der Waals surface area contributed by atoms with Crippen LogP contribution in [-0.4, -0.2) is 30.6 Å². The number of hydrogen-bond donors (Lipinski definition) is 1. The van der Waals surface area contributed by atoms with E-state index in [2.05, 4.69) is 5.32 Å². The third-order valence-electron chi connectivity index (χ3n) is 4.59. The summed E-state index contributed by atoms with van der Waals surface area (Å²) < 4.78 is 10.2. The molecule has 0 heterocycles. The molecule has 1 aromatic rings. The average Bonchev–Trinajstić information content (AvgIpc) is 2.70. The van der Waals surface area contributed by atoms with Gasteiger partial charge in [0.15, 0.2) is 0 Å². The molecule has 6 heteroatoms. The average molecular weight is 387 g/mol. The first kappa shape index (κ1) is 21.7. The number of carbonyl (C=O) groups excluding carboxylic acids is 3. The zero-order chi connectivity index (χ0) is 20.4. The maximum absolute atomic E-state index is 12.6. The molecule has 152 valence electrons. The molecule has 1 saturated carbocycles. The minimum atomic E-state index is -0.659. The number of amides is 1. The van der Waals surface area contributed by atoms with E-state index in [9.17, 15) is 14.4 Å². The number of nitrogens with one attached hydrogen (secondary N) is 1. The molecule has 1 aliphatic carbocycles. The van der Waals surface area contributed by atoms with Crippen LogP contribution in [0.2, 0.25) is 0 Å². The quantitative estimate of drug-likeness (QED) is 0.546. The Morgan fingerprint density at radius 1 is 1.04 bits per heavy atom. The minimum absolute atomic E-state index is 0.000607. The maximum Gasteiger partial charge on any atom is 0.331 e. The van der Waals surface area contributed by atoms with Crippen molar-refractivity contribution in [2.75, 3.05) is 6.61 Å². The molecule has 0 bridgehead atoms. The van der Waals surface area contributed by atoms with Gasteiger partial charge < -0.3 is 14.8 Å². The lowest BCUT2D eigenvalue weighted by Gasteiger charge is -2.25. The van der Waals surface area contributed by atoms with Crippen LogP contribution < -0.4 is 5.32 Å². The van der Waals surface area contributed by atoms with Crippen molar-refractivity contribution in [1.29, 1.82) is 0 Å². The number of carbonyl (C=O) groups is 3. The molecule has 1 N–H and O–H groups in total. The standard InChI is InChI=1S/C22H29NO5/c1-16(2)28-21(25)14-13-20(24)27-15-19(17-9-5-3-6-10-17)23-22(26)18-11-7-4-8-12-18/h3,5-6,9-10,13-14,16,18-19H,4,7-8,11-12,15H2,1-2H3,(H,23,26)/b14-13+. The summed E-state index contributed by atoms with van der Waals surface area (Å²) >= 11 is 0. The first-order valence-corrected chi connectivity index (χ1v) is 9.86. The van der Waals surface area contributed by atoms with E-state index in [1.54, 1.807) is 13.8 Å². The Kier molecular flexibility index (Phi) is 8.72. The summed E-state index contributed by atoms with van der Waals surface area (Å²) in [6.07, 6.45) is 6.93. The monoisotopic (exact) mass is 387 g/mol. The van der Waals surface area contributed by atoms with Gasteiger partial charge in [0.1, 0.15) is 6.61 Å². The van der Waals surface area contributed by atoms with E-state index in [0.29, 0.717) is 0 Å². The second kappa shape index (κ2) is 11.3. The van der Waals surface area contributed by atoms with Crippen molar-refractivity contribution >= 4 is 17.8 Å². The zero-order valence-corrected chi connectivity index (χ0v) is 16.6. The van der Waals surface area contributed by atoms with Crippen LogP contribution in [0.3, 0.4) is 0 Å². The van der Waals surface area contributed by atoms with Crippen molar-refractivity contribution in [3.63, 3.8) is 0 Å². The van der Waals surface area contributed by atoms with Crippen LogP contribution in [0.15, 0.2) is 42.5 Å². The molecule has 0 spiro atoms. The van der Waals surface area contributed by atoms with E-state index >= 15 is 0 Å². The first-order valence-electron chi connectivity index (χ1n) is 9.86. The van der Waals surface area contributed by atoms with Crippen LogP contribution in [0, 0.1) is 5.92 Å². The summed E-state index contributed by atoms with van der Waals surface area (Å²) in [6.45, 7) is 3.44. The molecule has 2 rings (SSSR count). The van der Waals surface area contributed by atoms with E-state index < -0.39 is 18.0 Å². The van der Waals surface area contributed by atoms with Gasteiger partial charge in [-0.05, 0) is 32.3 Å². The van der Waals surface area contributed by atoms with Gasteiger partial charge in [0.25, 0.3) is 0 Å². The second-order valence-corrected chi connectivity index (χ2v) is 7.26. The van der Waals surface area contributed by atoms with Crippen LogP contribution in [0.5, 0.6) is 0 Å². The summed E-state index contributed by atoms with van der Waals surface area (Å²) in [7, 11) is 0. The Hall–Kier alpha value is -2.63. The highest BCUT2D eigenvalue weighted by molar-refractivity contribution is 5.91. The lowest BCUT2D eigenvalue weighted by molar-refractivity contribution is -0.143. The van der Waals surface area contributed by atoms with Crippen LogP contribution in [0.1, 0.15) is 57.6 Å². The fraction of sp³-hybridized carbons (Fsp3) is 0.500. The molecule has 1 atom stereocenters. The normalized spacial score (nSPS) is 16.0. The van der Waals surface area contributed by atoms with E-state index in [1.807, 2.05) is 30.3 Å². The smallest absolute Gasteiger partial charge is 0.331 e. The van der Waals surface area contributed by atoms with Crippen LogP contribution >= 0.6 is 0 Å². The summed E-state index contributed by atoms with van der Waals surface area (Å²) in [5, 5.41) is 3.02. The van der Waals surface area contributed by atoms with Crippen molar-refractivity contribution in [3.8, 4) is 0 Å². The molecule has 0 aliphatic heterocycles. The molecule has 6 nitrogen and oxygen atoms in total. The van der Waals surface area contributed by atoms with Gasteiger partial charge in [-0.3, -0.25) is 4.79 Å². The number of benzene rings is 1. The lowest BCUT2D eigenvalue weighted by Crippen LogP contribution is -2.37. The highest BCUT2D eigenvalue weighted by Crippen LogP contribution is 2.25. The summed E-state index contributed by atoms with van der Waals surface area (Å²) in [5.41, 5.74) is 0.864. The third kappa shape index (κ3) is 7.55. The molecular weight excluding hydrogens is 358 g/mol. The van der Waals surface area contributed by atoms with Gasteiger partial charge >= 0.3 is 11.9 Å². The largest absolute Gasteiger partial charge is 0.460 e. The Bertz CT molecular complexity index is 677. The molecule has 1 amide bonds. The van der Waals surface area contributed by atoms with E-state index in [-0.39, 0.29) is 24.5 Å². The Morgan fingerprint density at radius 2 is 1.68 bits per heavy atom. The highest BCUT2D eigenvalue weighted by atomic mass is 16.5. The zero-order valence-electron chi connectivity index (χ0n) is 16.6. The molecule has 1 unspecified atom stereocenters. The van der Waals surface area contributed by atoms with Gasteiger partial charge in [0.05, 0.1) is 12.1 Å². The molecule has 0 radical (unpaired) electrons. The molecular formula is C22H29NO5. The summed E-state index contributed by atoms with van der Waals surface area (Å²) in [6, 6.07) is 8.97. The third-order valence-corrected chi connectivity index (χ3v) is 4.59. The Balaban J connectivity index is 1.94. The molecule has 1 aromatic carbocycles. The van der Waals surface area contributed by atoms with Gasteiger partial charge in [-0.1, -0.05) is 49.6 Å². The van der Waals surface area contributed by atoms with Crippen molar-refractivity contribution in [3.05, 3.63) is 48.0 Å². The SMILES string of the molecule is CC(C)OC(=O)/C=C/C(=O)OCC(NC(=O)C1CCCCC1)c1ccccc1. The second-order valence-electron chi connectivity index (χ2n) is 7.26. The van der Waals surface area contributed by atoms with Gasteiger partial charge in [-0.2, -0.15) is 0 Å². The fourth-order valence-electron chi connectivity index (χ4n) is 3.18. The Morgan fingerprint density at radius 3 is 2.32 bits per heavy atom. The van der Waals surface area contributed by atoms with Crippen LogP contribution in [0.25, 0.3) is 0 Å². The Labute approximate surface area is 166 Å². The van der Waals surface area contributed by atoms with Gasteiger partial charge in [0, 0.05) is 18.1 Å². The van der Waals surface area contributed by atoms with Crippen LogP contribution in [0.4, 0.5) is 0 Å². The summed E-state index contributed by atoms with van der Waals surface area (Å²) in [5.74, 6) is -1.24. The predicted molar refractivity (Wildman–Crippen MR) is 105 cm³/mol. The van der Waals surface area contributed by atoms with Gasteiger partial charge in [-0.25, -0.2) is 9.59 Å².